The van der Waals surface area contributed by atoms with Crippen LogP contribution >= 0.6 is 0 Å². The highest BCUT2D eigenvalue weighted by Gasteiger charge is 2.51. The fourth-order valence-corrected chi connectivity index (χ4v) is 5.56. The van der Waals surface area contributed by atoms with Gasteiger partial charge >= 0.3 is 12.4 Å². The fourth-order valence-electron chi connectivity index (χ4n) is 5.56. The summed E-state index contributed by atoms with van der Waals surface area (Å²) in [5.74, 6) is 0.291. The van der Waals surface area contributed by atoms with Crippen molar-refractivity contribution in [2.24, 2.45) is 0 Å². The van der Waals surface area contributed by atoms with Crippen LogP contribution in [-0.2, 0) is 24.6 Å². The van der Waals surface area contributed by atoms with E-state index < -0.39 is 23.5 Å². The van der Waals surface area contributed by atoms with Crippen LogP contribution in [0.25, 0.3) is 0 Å². The van der Waals surface area contributed by atoms with Crippen molar-refractivity contribution in [1.29, 1.82) is 0 Å². The molecule has 1 aromatic carbocycles. The van der Waals surface area contributed by atoms with Crippen LogP contribution in [0, 0.1) is 0 Å². The molecule has 0 radical (unpaired) electrons. The van der Waals surface area contributed by atoms with E-state index in [-0.39, 0.29) is 30.0 Å². The number of nitrogens with zero attached hydrogens (tertiary/aromatic N) is 4. The van der Waals surface area contributed by atoms with Gasteiger partial charge in [-0.15, -0.1) is 0 Å². The molecule has 13 heteroatoms. The molecule has 2 aromatic heterocycles. The Morgan fingerprint density at radius 1 is 1.00 bits per heavy atom. The third-order valence-corrected chi connectivity index (χ3v) is 7.88. The predicted molar refractivity (Wildman–Crippen MR) is 141 cm³/mol. The lowest BCUT2D eigenvalue weighted by Gasteiger charge is -2.39. The quantitative estimate of drug-likeness (QED) is 0.343. The normalized spacial score (nSPS) is 21.5. The number of aliphatic hydroxyl groups is 1. The summed E-state index contributed by atoms with van der Waals surface area (Å²) in [7, 11) is 0. The van der Waals surface area contributed by atoms with Gasteiger partial charge in [-0.3, -0.25) is 0 Å². The number of benzene rings is 1. The van der Waals surface area contributed by atoms with Crippen molar-refractivity contribution in [3.05, 3.63) is 71.3 Å². The second-order valence-electron chi connectivity index (χ2n) is 10.6. The van der Waals surface area contributed by atoms with Crippen molar-refractivity contribution >= 4 is 17.3 Å². The van der Waals surface area contributed by atoms with Gasteiger partial charge < -0.3 is 20.6 Å². The molecule has 5 rings (SSSR count). The molecular weight excluding hydrogens is 550 g/mol. The average molecular weight is 581 g/mol. The van der Waals surface area contributed by atoms with E-state index >= 15 is 0 Å². The average Bonchev–Trinajstić information content (AvgIpc) is 3.13. The van der Waals surface area contributed by atoms with Gasteiger partial charge in [-0.2, -0.15) is 26.3 Å². The van der Waals surface area contributed by atoms with Crippen LogP contribution in [0.15, 0.2) is 48.9 Å². The Hall–Kier alpha value is -3.45. The zero-order valence-corrected chi connectivity index (χ0v) is 22.2. The maximum atomic E-state index is 14.0. The molecule has 2 aliphatic rings. The van der Waals surface area contributed by atoms with Gasteiger partial charge in [-0.1, -0.05) is 18.6 Å². The molecule has 1 saturated heterocycles. The highest BCUT2D eigenvalue weighted by Crippen LogP contribution is 2.40. The van der Waals surface area contributed by atoms with E-state index in [0.29, 0.717) is 42.5 Å². The van der Waals surface area contributed by atoms with Gasteiger partial charge in [0.2, 0.25) is 0 Å². The van der Waals surface area contributed by atoms with Gasteiger partial charge in [0.1, 0.15) is 18.0 Å². The zero-order valence-electron chi connectivity index (χ0n) is 22.2. The van der Waals surface area contributed by atoms with Crippen LogP contribution in [0.5, 0.6) is 0 Å². The molecule has 2 aliphatic heterocycles. The van der Waals surface area contributed by atoms with Gasteiger partial charge in [0.15, 0.2) is 5.60 Å². The Labute approximate surface area is 233 Å². The van der Waals surface area contributed by atoms with Crippen LogP contribution in [0.1, 0.15) is 48.6 Å². The number of alkyl halides is 6. The number of pyridine rings is 1. The monoisotopic (exact) mass is 580 g/mol. The Morgan fingerprint density at radius 3 is 2.41 bits per heavy atom. The summed E-state index contributed by atoms with van der Waals surface area (Å²) in [5, 5.41) is 16.6. The van der Waals surface area contributed by atoms with Crippen LogP contribution in [0.4, 0.5) is 43.7 Å². The number of anilines is 3. The minimum absolute atomic E-state index is 0.0712. The molecule has 0 aliphatic carbocycles. The first-order chi connectivity index (χ1) is 19.4. The Bertz CT molecular complexity index is 1360. The number of nitrogens with one attached hydrogen (secondary N) is 2. The van der Waals surface area contributed by atoms with Crippen molar-refractivity contribution in [3.63, 3.8) is 0 Å². The van der Waals surface area contributed by atoms with Crippen LogP contribution in [0.2, 0.25) is 0 Å². The maximum absolute atomic E-state index is 14.0. The van der Waals surface area contributed by atoms with Crippen molar-refractivity contribution in [1.82, 2.24) is 20.3 Å². The van der Waals surface area contributed by atoms with Crippen molar-refractivity contribution < 1.29 is 31.4 Å². The van der Waals surface area contributed by atoms with E-state index in [4.69, 9.17) is 0 Å². The molecule has 7 nitrogen and oxygen atoms in total. The summed E-state index contributed by atoms with van der Waals surface area (Å²) in [6.45, 7) is 1.68. The number of halogens is 6. The van der Waals surface area contributed by atoms with Gasteiger partial charge in [0.05, 0.1) is 17.3 Å². The molecule has 3 atom stereocenters. The summed E-state index contributed by atoms with van der Waals surface area (Å²) < 4.78 is 81.8. The molecule has 1 fully saturated rings. The Balaban J connectivity index is 1.47. The molecule has 3 aromatic rings. The van der Waals surface area contributed by atoms with Crippen LogP contribution in [-0.4, -0.2) is 51.4 Å². The van der Waals surface area contributed by atoms with E-state index in [9.17, 15) is 31.4 Å². The minimum atomic E-state index is -4.85. The smallest absolute Gasteiger partial charge is 0.376 e. The van der Waals surface area contributed by atoms with Crippen molar-refractivity contribution in [3.8, 4) is 0 Å². The highest BCUT2D eigenvalue weighted by atomic mass is 19.4. The lowest BCUT2D eigenvalue weighted by atomic mass is 9.93. The molecule has 41 heavy (non-hydrogen) atoms. The second kappa shape index (κ2) is 11.1. The number of fused-ring (bicyclic) bond motifs is 1. The summed E-state index contributed by atoms with van der Waals surface area (Å²) in [5.41, 5.74) is -2.29. The van der Waals surface area contributed by atoms with E-state index in [1.165, 1.54) is 42.9 Å². The van der Waals surface area contributed by atoms with E-state index in [1.807, 2.05) is 0 Å². The summed E-state index contributed by atoms with van der Waals surface area (Å²) in [6.07, 6.45) is -3.28. The van der Waals surface area contributed by atoms with E-state index in [2.05, 4.69) is 25.6 Å². The molecule has 220 valence electrons. The van der Waals surface area contributed by atoms with Crippen LogP contribution < -0.4 is 15.5 Å². The SMILES string of the molecule is CC(O)(c1ccc(Nc2ncnc3c2CCN(c2ncccc2C(F)(F)F)C(C2CCCCN2)C3)cc1)C(F)(F)F. The van der Waals surface area contributed by atoms with E-state index in [1.54, 1.807) is 4.90 Å². The van der Waals surface area contributed by atoms with E-state index in [0.717, 1.165) is 31.9 Å². The highest BCUT2D eigenvalue weighted by molar-refractivity contribution is 5.62. The predicted octanol–water partition coefficient (Wildman–Crippen LogP) is 5.52. The largest absolute Gasteiger partial charge is 0.421 e. The fraction of sp³-hybridized carbons (Fsp3) is 0.464. The third-order valence-electron chi connectivity index (χ3n) is 7.88. The molecule has 4 heterocycles. The molecule has 3 unspecified atom stereocenters. The number of rotatable bonds is 5. The topological polar surface area (TPSA) is 86.2 Å². The Kier molecular flexibility index (Phi) is 7.86. The molecule has 0 spiro atoms. The molecule has 0 amide bonds. The number of hydrogen-bond donors (Lipinski definition) is 3. The Morgan fingerprint density at radius 2 is 1.76 bits per heavy atom. The molecular formula is C28H30F6N6O. The van der Waals surface area contributed by atoms with Crippen LogP contribution in [0.3, 0.4) is 0 Å². The lowest BCUT2D eigenvalue weighted by Crippen LogP contribution is -2.53. The first-order valence-corrected chi connectivity index (χ1v) is 13.4. The minimum Gasteiger partial charge on any atom is -0.376 e. The van der Waals surface area contributed by atoms with Crippen molar-refractivity contribution in [2.75, 3.05) is 23.3 Å². The zero-order chi connectivity index (χ0) is 29.4. The first kappa shape index (κ1) is 29.1. The number of aromatic nitrogens is 3. The van der Waals surface area contributed by atoms with Crippen molar-refractivity contribution in [2.45, 2.75) is 69.1 Å². The number of hydrogen-bond acceptors (Lipinski definition) is 7. The maximum Gasteiger partial charge on any atom is 0.421 e. The molecule has 3 N–H and O–H groups in total. The van der Waals surface area contributed by atoms with Gasteiger partial charge in [0.25, 0.3) is 0 Å². The molecule has 0 bridgehead atoms. The number of piperidine rings is 1. The summed E-state index contributed by atoms with van der Waals surface area (Å²) in [6, 6.07) is 7.08. The summed E-state index contributed by atoms with van der Waals surface area (Å²) in [4.78, 5) is 14.8. The van der Waals surface area contributed by atoms with Gasteiger partial charge in [0, 0.05) is 36.5 Å². The third kappa shape index (κ3) is 5.96. The first-order valence-electron chi connectivity index (χ1n) is 13.4. The summed E-state index contributed by atoms with van der Waals surface area (Å²) >= 11 is 0. The molecule has 0 saturated carbocycles. The van der Waals surface area contributed by atoms with Gasteiger partial charge in [-0.05, 0) is 62.6 Å². The standard InChI is InChI=1S/C28H30F6N6O/c1-26(41,28(32,33)34)17-7-9-18(10-8-17)39-24-19-11-14-40(25-20(27(29,30)31)5-4-13-36-25)23(15-22(19)37-16-38-24)21-6-2-3-12-35-21/h4-5,7-10,13,16,21,23,35,41H,2-3,6,11-12,14-15H2,1H3,(H,37,38,39). The second-order valence-corrected chi connectivity index (χ2v) is 10.6. The van der Waals surface area contributed by atoms with Gasteiger partial charge in [-0.25, -0.2) is 15.0 Å². The lowest BCUT2D eigenvalue weighted by molar-refractivity contribution is -0.258.